The summed E-state index contributed by atoms with van der Waals surface area (Å²) in [6.07, 6.45) is 2.51. The van der Waals surface area contributed by atoms with Gasteiger partial charge >= 0.3 is 0 Å². The molecule has 2 atom stereocenters. The maximum atomic E-state index is 11.4. The van der Waals surface area contributed by atoms with Crippen molar-refractivity contribution in [3.8, 4) is 0 Å². The van der Waals surface area contributed by atoms with Crippen LogP contribution in [-0.4, -0.2) is 32.2 Å². The SMILES string of the molecule is CCCC(N)CNC(=O)CC(C)COC. The number of hydrogen-bond acceptors (Lipinski definition) is 3. The third-order valence-electron chi connectivity index (χ3n) is 2.21. The van der Waals surface area contributed by atoms with E-state index in [1.807, 2.05) is 6.92 Å². The standard InChI is InChI=1S/C11H24N2O2/c1-4-5-10(12)7-13-11(14)6-9(2)8-15-3/h9-10H,4-8,12H2,1-3H3,(H,13,14). The van der Waals surface area contributed by atoms with E-state index < -0.39 is 0 Å². The van der Waals surface area contributed by atoms with Crippen molar-refractivity contribution in [3.05, 3.63) is 0 Å². The van der Waals surface area contributed by atoms with Gasteiger partial charge in [-0.1, -0.05) is 20.3 Å². The molecule has 4 heteroatoms. The van der Waals surface area contributed by atoms with Crippen LogP contribution in [0.25, 0.3) is 0 Å². The molecule has 0 saturated heterocycles. The van der Waals surface area contributed by atoms with Gasteiger partial charge in [0.1, 0.15) is 0 Å². The second-order valence-corrected chi connectivity index (χ2v) is 4.12. The van der Waals surface area contributed by atoms with E-state index >= 15 is 0 Å². The number of nitrogens with two attached hydrogens (primary N) is 1. The predicted molar refractivity (Wildman–Crippen MR) is 61.6 cm³/mol. The Hall–Kier alpha value is -0.610. The molecule has 1 amide bonds. The molecule has 0 rings (SSSR count). The number of hydrogen-bond donors (Lipinski definition) is 2. The molecule has 0 fully saturated rings. The number of methoxy groups -OCH3 is 1. The van der Waals surface area contributed by atoms with Gasteiger partial charge in [0.05, 0.1) is 0 Å². The number of carbonyl (C=O) groups is 1. The molecular formula is C11H24N2O2. The van der Waals surface area contributed by atoms with Crippen molar-refractivity contribution >= 4 is 5.91 Å². The van der Waals surface area contributed by atoms with Gasteiger partial charge in [0.15, 0.2) is 0 Å². The van der Waals surface area contributed by atoms with Crippen LogP contribution in [0, 0.1) is 5.92 Å². The van der Waals surface area contributed by atoms with Gasteiger partial charge < -0.3 is 15.8 Å². The molecule has 0 aromatic carbocycles. The van der Waals surface area contributed by atoms with Crippen LogP contribution in [0.5, 0.6) is 0 Å². The largest absolute Gasteiger partial charge is 0.384 e. The summed E-state index contributed by atoms with van der Waals surface area (Å²) in [5, 5.41) is 2.84. The highest BCUT2D eigenvalue weighted by atomic mass is 16.5. The Kier molecular flexibility index (Phi) is 8.33. The topological polar surface area (TPSA) is 64.3 Å². The number of amides is 1. The number of rotatable bonds is 8. The Morgan fingerprint density at radius 3 is 2.73 bits per heavy atom. The minimum absolute atomic E-state index is 0.0612. The van der Waals surface area contributed by atoms with Crippen molar-refractivity contribution in [3.63, 3.8) is 0 Å². The minimum Gasteiger partial charge on any atom is -0.384 e. The van der Waals surface area contributed by atoms with Gasteiger partial charge in [-0.05, 0) is 12.3 Å². The zero-order chi connectivity index (χ0) is 11.7. The lowest BCUT2D eigenvalue weighted by Crippen LogP contribution is -2.37. The molecule has 4 nitrogen and oxygen atoms in total. The van der Waals surface area contributed by atoms with E-state index in [9.17, 15) is 4.79 Å². The van der Waals surface area contributed by atoms with Crippen molar-refractivity contribution in [1.82, 2.24) is 5.32 Å². The molecule has 15 heavy (non-hydrogen) atoms. The van der Waals surface area contributed by atoms with Crippen LogP contribution in [0.15, 0.2) is 0 Å². The normalized spacial score (nSPS) is 14.7. The molecule has 0 aliphatic carbocycles. The Balaban J connectivity index is 3.56. The first-order valence-electron chi connectivity index (χ1n) is 5.61. The molecule has 0 heterocycles. The van der Waals surface area contributed by atoms with Crippen LogP contribution >= 0.6 is 0 Å². The average molecular weight is 216 g/mol. The Morgan fingerprint density at radius 2 is 2.20 bits per heavy atom. The Bertz CT molecular complexity index is 174. The lowest BCUT2D eigenvalue weighted by Gasteiger charge is -2.13. The van der Waals surface area contributed by atoms with Crippen LogP contribution in [0.2, 0.25) is 0 Å². The molecule has 0 spiro atoms. The highest BCUT2D eigenvalue weighted by Gasteiger charge is 2.09. The van der Waals surface area contributed by atoms with E-state index in [0.717, 1.165) is 12.8 Å². The summed E-state index contributed by atoms with van der Waals surface area (Å²) in [7, 11) is 1.64. The fourth-order valence-corrected chi connectivity index (χ4v) is 1.45. The molecule has 0 aliphatic rings. The molecule has 0 bridgehead atoms. The molecular weight excluding hydrogens is 192 g/mol. The van der Waals surface area contributed by atoms with E-state index in [1.165, 1.54) is 0 Å². The quantitative estimate of drug-likeness (QED) is 0.633. The van der Waals surface area contributed by atoms with Crippen LogP contribution in [0.1, 0.15) is 33.1 Å². The smallest absolute Gasteiger partial charge is 0.220 e. The molecule has 90 valence electrons. The van der Waals surface area contributed by atoms with Gasteiger partial charge in [-0.15, -0.1) is 0 Å². The molecule has 2 unspecified atom stereocenters. The van der Waals surface area contributed by atoms with Crippen LogP contribution in [0.3, 0.4) is 0 Å². The highest BCUT2D eigenvalue weighted by molar-refractivity contribution is 5.76. The van der Waals surface area contributed by atoms with Crippen molar-refractivity contribution < 1.29 is 9.53 Å². The summed E-state index contributed by atoms with van der Waals surface area (Å²) in [6.45, 7) is 5.28. The molecule has 0 aromatic heterocycles. The first kappa shape index (κ1) is 14.4. The third kappa shape index (κ3) is 8.39. The maximum absolute atomic E-state index is 11.4. The summed E-state index contributed by atoms with van der Waals surface area (Å²) >= 11 is 0. The Labute approximate surface area is 92.6 Å². The van der Waals surface area contributed by atoms with Gasteiger partial charge in [0.2, 0.25) is 5.91 Å². The maximum Gasteiger partial charge on any atom is 0.220 e. The number of ether oxygens (including phenoxy) is 1. The zero-order valence-electron chi connectivity index (χ0n) is 10.1. The molecule has 0 aromatic rings. The molecule has 0 radical (unpaired) electrons. The second-order valence-electron chi connectivity index (χ2n) is 4.12. The first-order chi connectivity index (χ1) is 7.10. The fraction of sp³-hybridized carbons (Fsp3) is 0.909. The van der Waals surface area contributed by atoms with Crippen molar-refractivity contribution in [2.75, 3.05) is 20.3 Å². The summed E-state index contributed by atoms with van der Waals surface area (Å²) < 4.78 is 4.96. The summed E-state index contributed by atoms with van der Waals surface area (Å²) in [4.78, 5) is 11.4. The monoisotopic (exact) mass is 216 g/mol. The summed E-state index contributed by atoms with van der Waals surface area (Å²) in [6, 6.07) is 0.0803. The fourth-order valence-electron chi connectivity index (χ4n) is 1.45. The van der Waals surface area contributed by atoms with Gasteiger partial charge in [-0.2, -0.15) is 0 Å². The van der Waals surface area contributed by atoms with E-state index in [0.29, 0.717) is 19.6 Å². The van der Waals surface area contributed by atoms with Gasteiger partial charge in [-0.3, -0.25) is 4.79 Å². The van der Waals surface area contributed by atoms with E-state index in [1.54, 1.807) is 7.11 Å². The zero-order valence-corrected chi connectivity index (χ0v) is 10.1. The van der Waals surface area contributed by atoms with Crippen LogP contribution in [-0.2, 0) is 9.53 Å². The van der Waals surface area contributed by atoms with E-state index in [-0.39, 0.29) is 17.9 Å². The number of carbonyl (C=O) groups excluding carboxylic acids is 1. The Morgan fingerprint density at radius 1 is 1.53 bits per heavy atom. The molecule has 3 N–H and O–H groups in total. The van der Waals surface area contributed by atoms with Crippen LogP contribution in [0.4, 0.5) is 0 Å². The van der Waals surface area contributed by atoms with Gasteiger partial charge in [0, 0.05) is 32.7 Å². The average Bonchev–Trinajstić information content (AvgIpc) is 2.15. The number of nitrogens with one attached hydrogen (secondary N) is 1. The van der Waals surface area contributed by atoms with E-state index in [4.69, 9.17) is 10.5 Å². The first-order valence-corrected chi connectivity index (χ1v) is 5.61. The molecule has 0 aliphatic heterocycles. The predicted octanol–water partition coefficient (Wildman–Crippen LogP) is 0.903. The van der Waals surface area contributed by atoms with Gasteiger partial charge in [0.25, 0.3) is 0 Å². The minimum atomic E-state index is 0.0612. The second kappa shape index (κ2) is 8.68. The summed E-state index contributed by atoms with van der Waals surface area (Å²) in [5.41, 5.74) is 5.78. The van der Waals surface area contributed by atoms with Crippen molar-refractivity contribution in [2.24, 2.45) is 11.7 Å². The lowest BCUT2D eigenvalue weighted by atomic mass is 10.1. The van der Waals surface area contributed by atoms with E-state index in [2.05, 4.69) is 12.2 Å². The van der Waals surface area contributed by atoms with Crippen molar-refractivity contribution in [1.29, 1.82) is 0 Å². The highest BCUT2D eigenvalue weighted by Crippen LogP contribution is 2.01. The van der Waals surface area contributed by atoms with Crippen LogP contribution < -0.4 is 11.1 Å². The lowest BCUT2D eigenvalue weighted by molar-refractivity contribution is -0.122. The summed E-state index contributed by atoms with van der Waals surface area (Å²) in [5.74, 6) is 0.323. The molecule has 0 saturated carbocycles. The van der Waals surface area contributed by atoms with Gasteiger partial charge in [-0.25, -0.2) is 0 Å². The van der Waals surface area contributed by atoms with Crippen molar-refractivity contribution in [2.45, 2.75) is 39.2 Å². The third-order valence-corrected chi connectivity index (χ3v) is 2.21.